The zero-order chi connectivity index (χ0) is 20.7. The second-order valence-electron chi connectivity index (χ2n) is 6.51. The summed E-state index contributed by atoms with van der Waals surface area (Å²) in [6.07, 6.45) is 0. The maximum Gasteiger partial charge on any atom is 0.309 e. The molecule has 0 aromatic heterocycles. The molecule has 1 saturated heterocycles. The number of amides is 2. The summed E-state index contributed by atoms with van der Waals surface area (Å²) in [5.74, 6) is -1.47. The van der Waals surface area contributed by atoms with Crippen LogP contribution < -0.4 is 10.6 Å². The van der Waals surface area contributed by atoms with Crippen molar-refractivity contribution in [1.29, 1.82) is 0 Å². The van der Waals surface area contributed by atoms with Crippen molar-refractivity contribution < 1.29 is 22.7 Å². The smallest absolute Gasteiger partial charge is 0.309 e. The van der Waals surface area contributed by atoms with Crippen molar-refractivity contribution in [2.45, 2.75) is 18.0 Å². The van der Waals surface area contributed by atoms with Gasteiger partial charge in [-0.1, -0.05) is 42.5 Å². The average Bonchev–Trinajstić information content (AvgIpc) is 2.77. The SMILES string of the molecule is O=C(NCc1ccccc1)C(=O)NCc1ccc(S(=O)(=O)N2CCOCC2)cc1. The number of ether oxygens (including phenoxy) is 1. The molecule has 8 nitrogen and oxygen atoms in total. The van der Waals surface area contributed by atoms with Crippen LogP contribution in [0, 0.1) is 0 Å². The molecule has 1 fully saturated rings. The number of hydrogen-bond acceptors (Lipinski definition) is 5. The number of benzene rings is 2. The topological polar surface area (TPSA) is 105 Å². The molecule has 1 aliphatic heterocycles. The minimum atomic E-state index is -3.56. The van der Waals surface area contributed by atoms with E-state index in [4.69, 9.17) is 4.74 Å². The number of morpholine rings is 1. The van der Waals surface area contributed by atoms with Gasteiger partial charge in [0, 0.05) is 26.2 Å². The lowest BCUT2D eigenvalue weighted by atomic mass is 10.2. The quantitative estimate of drug-likeness (QED) is 0.671. The highest BCUT2D eigenvalue weighted by atomic mass is 32.2. The summed E-state index contributed by atoms with van der Waals surface area (Å²) in [5, 5.41) is 5.08. The zero-order valence-electron chi connectivity index (χ0n) is 15.8. The standard InChI is InChI=1S/C20H23N3O5S/c24-19(21-14-16-4-2-1-3-5-16)20(25)22-15-17-6-8-18(9-7-17)29(26,27)23-10-12-28-13-11-23/h1-9H,10-15H2,(H,21,24)(H,22,25). The fraction of sp³-hybridized carbons (Fsp3) is 0.300. The molecule has 9 heteroatoms. The highest BCUT2D eigenvalue weighted by Crippen LogP contribution is 2.17. The van der Waals surface area contributed by atoms with Crippen LogP contribution in [0.1, 0.15) is 11.1 Å². The van der Waals surface area contributed by atoms with Gasteiger partial charge in [-0.3, -0.25) is 9.59 Å². The van der Waals surface area contributed by atoms with Gasteiger partial charge in [0.05, 0.1) is 18.1 Å². The maximum absolute atomic E-state index is 12.6. The predicted molar refractivity (Wildman–Crippen MR) is 106 cm³/mol. The first-order valence-corrected chi connectivity index (χ1v) is 10.7. The van der Waals surface area contributed by atoms with Crippen LogP contribution >= 0.6 is 0 Å². The van der Waals surface area contributed by atoms with Crippen LogP contribution in [0.25, 0.3) is 0 Å². The molecule has 0 atom stereocenters. The Bertz CT molecular complexity index is 940. The van der Waals surface area contributed by atoms with Gasteiger partial charge in [0.25, 0.3) is 0 Å². The van der Waals surface area contributed by atoms with E-state index < -0.39 is 21.8 Å². The van der Waals surface area contributed by atoms with Gasteiger partial charge in [0.1, 0.15) is 0 Å². The van der Waals surface area contributed by atoms with E-state index in [0.29, 0.717) is 31.9 Å². The third-order valence-corrected chi connectivity index (χ3v) is 6.40. The van der Waals surface area contributed by atoms with Crippen molar-refractivity contribution in [2.24, 2.45) is 0 Å². The lowest BCUT2D eigenvalue weighted by Crippen LogP contribution is -2.40. The Balaban J connectivity index is 1.50. The number of carbonyl (C=O) groups is 2. The Morgan fingerprint density at radius 1 is 0.828 bits per heavy atom. The third kappa shape index (κ3) is 5.63. The number of sulfonamides is 1. The number of nitrogens with zero attached hydrogens (tertiary/aromatic N) is 1. The van der Waals surface area contributed by atoms with E-state index in [0.717, 1.165) is 5.56 Å². The van der Waals surface area contributed by atoms with Gasteiger partial charge in [-0.25, -0.2) is 8.42 Å². The van der Waals surface area contributed by atoms with Crippen LogP contribution in [0.15, 0.2) is 59.5 Å². The molecule has 29 heavy (non-hydrogen) atoms. The summed E-state index contributed by atoms with van der Waals surface area (Å²) in [6.45, 7) is 1.82. The maximum atomic E-state index is 12.6. The summed E-state index contributed by atoms with van der Waals surface area (Å²) < 4.78 is 31.8. The van der Waals surface area contributed by atoms with Crippen LogP contribution in [0.5, 0.6) is 0 Å². The Morgan fingerprint density at radius 2 is 1.34 bits per heavy atom. The number of rotatable bonds is 6. The number of nitrogens with one attached hydrogen (secondary N) is 2. The second kappa shape index (κ2) is 9.64. The van der Waals surface area contributed by atoms with E-state index in [9.17, 15) is 18.0 Å². The molecular formula is C20H23N3O5S. The monoisotopic (exact) mass is 417 g/mol. The summed E-state index contributed by atoms with van der Waals surface area (Å²) in [4.78, 5) is 24.0. The number of hydrogen-bond donors (Lipinski definition) is 2. The summed E-state index contributed by atoms with van der Waals surface area (Å²) in [7, 11) is -3.56. The molecule has 0 radical (unpaired) electrons. The summed E-state index contributed by atoms with van der Waals surface area (Å²) >= 11 is 0. The normalized spacial score (nSPS) is 14.9. The van der Waals surface area contributed by atoms with Crippen molar-refractivity contribution in [1.82, 2.24) is 14.9 Å². The first-order valence-electron chi connectivity index (χ1n) is 9.23. The van der Waals surface area contributed by atoms with Gasteiger partial charge in [-0.2, -0.15) is 4.31 Å². The molecule has 3 rings (SSSR count). The van der Waals surface area contributed by atoms with Gasteiger partial charge in [0.2, 0.25) is 10.0 Å². The second-order valence-corrected chi connectivity index (χ2v) is 8.45. The molecule has 0 spiro atoms. The fourth-order valence-electron chi connectivity index (χ4n) is 2.84. The summed E-state index contributed by atoms with van der Waals surface area (Å²) in [5.41, 5.74) is 1.58. The van der Waals surface area contributed by atoms with E-state index >= 15 is 0 Å². The van der Waals surface area contributed by atoms with Crippen LogP contribution in [-0.2, 0) is 37.4 Å². The van der Waals surface area contributed by atoms with Crippen molar-refractivity contribution >= 4 is 21.8 Å². The minimum absolute atomic E-state index is 0.121. The van der Waals surface area contributed by atoms with Crippen LogP contribution in [-0.4, -0.2) is 50.8 Å². The van der Waals surface area contributed by atoms with E-state index in [1.165, 1.54) is 16.4 Å². The Kier molecular flexibility index (Phi) is 6.97. The van der Waals surface area contributed by atoms with Crippen molar-refractivity contribution in [3.63, 3.8) is 0 Å². The Morgan fingerprint density at radius 3 is 1.90 bits per heavy atom. The van der Waals surface area contributed by atoms with Crippen molar-refractivity contribution in [3.05, 3.63) is 65.7 Å². The molecule has 0 bridgehead atoms. The van der Waals surface area contributed by atoms with Gasteiger partial charge in [-0.05, 0) is 23.3 Å². The van der Waals surface area contributed by atoms with Gasteiger partial charge < -0.3 is 15.4 Å². The fourth-order valence-corrected chi connectivity index (χ4v) is 4.24. The molecule has 1 aliphatic rings. The largest absolute Gasteiger partial charge is 0.379 e. The Labute approximate surface area is 169 Å². The van der Waals surface area contributed by atoms with Gasteiger partial charge in [-0.15, -0.1) is 0 Å². The molecule has 2 N–H and O–H groups in total. The van der Waals surface area contributed by atoms with Crippen LogP contribution in [0.4, 0.5) is 0 Å². The zero-order valence-corrected chi connectivity index (χ0v) is 16.7. The van der Waals surface area contributed by atoms with Crippen molar-refractivity contribution in [2.75, 3.05) is 26.3 Å². The lowest BCUT2D eigenvalue weighted by Gasteiger charge is -2.26. The molecule has 2 amide bonds. The number of carbonyl (C=O) groups excluding carboxylic acids is 2. The highest BCUT2D eigenvalue weighted by molar-refractivity contribution is 7.89. The molecule has 154 valence electrons. The van der Waals surface area contributed by atoms with Gasteiger partial charge >= 0.3 is 11.8 Å². The average molecular weight is 417 g/mol. The van der Waals surface area contributed by atoms with Crippen LogP contribution in [0.2, 0.25) is 0 Å². The molecule has 0 saturated carbocycles. The van der Waals surface area contributed by atoms with Crippen molar-refractivity contribution in [3.8, 4) is 0 Å². The molecule has 1 heterocycles. The molecule has 0 aliphatic carbocycles. The van der Waals surface area contributed by atoms with Crippen LogP contribution in [0.3, 0.4) is 0 Å². The first kappa shape index (κ1) is 21.0. The molecular weight excluding hydrogens is 394 g/mol. The van der Waals surface area contributed by atoms with E-state index in [1.807, 2.05) is 30.3 Å². The lowest BCUT2D eigenvalue weighted by molar-refractivity contribution is -0.139. The van der Waals surface area contributed by atoms with E-state index in [2.05, 4.69) is 10.6 Å². The Hall–Kier alpha value is -2.75. The van der Waals surface area contributed by atoms with E-state index in [1.54, 1.807) is 12.1 Å². The summed E-state index contributed by atoms with van der Waals surface area (Å²) in [6, 6.07) is 15.5. The van der Waals surface area contributed by atoms with Gasteiger partial charge in [0.15, 0.2) is 0 Å². The predicted octanol–water partition coefficient (Wildman–Crippen LogP) is 0.640. The molecule has 2 aromatic carbocycles. The first-order chi connectivity index (χ1) is 14.0. The highest BCUT2D eigenvalue weighted by Gasteiger charge is 2.26. The third-order valence-electron chi connectivity index (χ3n) is 4.49. The minimum Gasteiger partial charge on any atom is -0.379 e. The van der Waals surface area contributed by atoms with E-state index in [-0.39, 0.29) is 18.0 Å². The molecule has 0 unspecified atom stereocenters. The molecule has 2 aromatic rings.